The van der Waals surface area contributed by atoms with Gasteiger partial charge in [0.2, 0.25) is 0 Å². The number of urea groups is 1. The van der Waals surface area contributed by atoms with Crippen molar-refractivity contribution in [3.05, 3.63) is 42.1 Å². The van der Waals surface area contributed by atoms with Gasteiger partial charge in [-0.25, -0.2) is 4.79 Å². The summed E-state index contributed by atoms with van der Waals surface area (Å²) in [4.78, 5) is 16.6. The number of nitrogens with one attached hydrogen (secondary N) is 1. The zero-order valence-corrected chi connectivity index (χ0v) is 15.2. The van der Waals surface area contributed by atoms with Gasteiger partial charge in [0, 0.05) is 50.6 Å². The van der Waals surface area contributed by atoms with Crippen LogP contribution < -0.4 is 5.32 Å². The van der Waals surface area contributed by atoms with Crippen molar-refractivity contribution in [3.63, 3.8) is 0 Å². The van der Waals surface area contributed by atoms with Crippen LogP contribution in [0.5, 0.6) is 0 Å². The van der Waals surface area contributed by atoms with E-state index in [2.05, 4.69) is 28.6 Å². The van der Waals surface area contributed by atoms with Gasteiger partial charge >= 0.3 is 6.03 Å². The van der Waals surface area contributed by atoms with Gasteiger partial charge < -0.3 is 14.6 Å². The van der Waals surface area contributed by atoms with Crippen LogP contribution in [0.1, 0.15) is 30.0 Å². The third kappa shape index (κ3) is 4.22. The molecule has 2 atom stereocenters. The quantitative estimate of drug-likeness (QED) is 0.902. The third-order valence-corrected chi connectivity index (χ3v) is 4.95. The molecule has 136 valence electrons. The minimum atomic E-state index is -0.0561. The minimum absolute atomic E-state index is 0.0561. The van der Waals surface area contributed by atoms with Crippen molar-refractivity contribution < 1.29 is 9.21 Å². The number of furan rings is 1. The van der Waals surface area contributed by atoms with Crippen molar-refractivity contribution in [2.24, 2.45) is 13.0 Å². The summed E-state index contributed by atoms with van der Waals surface area (Å²) in [5, 5.41) is 7.26. The molecule has 1 N–H and O–H groups in total. The lowest BCUT2D eigenvalue weighted by molar-refractivity contribution is 0.0995. The van der Waals surface area contributed by atoms with Crippen molar-refractivity contribution in [2.45, 2.75) is 25.4 Å². The number of piperidine rings is 1. The van der Waals surface area contributed by atoms with Crippen LogP contribution in [-0.4, -0.2) is 52.8 Å². The van der Waals surface area contributed by atoms with E-state index in [0.29, 0.717) is 18.5 Å². The van der Waals surface area contributed by atoms with E-state index >= 15 is 0 Å². The molecule has 0 spiro atoms. The van der Waals surface area contributed by atoms with Crippen LogP contribution in [-0.2, 0) is 13.6 Å². The fraction of sp³-hybridized carbons (Fsp3) is 0.556. The zero-order chi connectivity index (χ0) is 17.8. The van der Waals surface area contributed by atoms with Gasteiger partial charge in [0.25, 0.3) is 0 Å². The molecular formula is C18H27N5O2. The molecule has 1 fully saturated rings. The maximum atomic E-state index is 12.4. The van der Waals surface area contributed by atoms with E-state index in [1.165, 1.54) is 5.56 Å². The highest BCUT2D eigenvalue weighted by Gasteiger charge is 2.32. The molecule has 1 aliphatic heterocycles. The van der Waals surface area contributed by atoms with Crippen molar-refractivity contribution in [3.8, 4) is 0 Å². The summed E-state index contributed by atoms with van der Waals surface area (Å²) in [6, 6.07) is 2.10. The number of carbonyl (C=O) groups excluding carboxylic acids is 1. The van der Waals surface area contributed by atoms with Crippen LogP contribution in [0.2, 0.25) is 0 Å². The number of aryl methyl sites for hydroxylation is 1. The zero-order valence-electron chi connectivity index (χ0n) is 15.2. The molecule has 0 unspecified atom stereocenters. The summed E-state index contributed by atoms with van der Waals surface area (Å²) < 4.78 is 6.87. The summed E-state index contributed by atoms with van der Waals surface area (Å²) in [5.41, 5.74) is 2.19. The van der Waals surface area contributed by atoms with Gasteiger partial charge in [-0.2, -0.15) is 5.10 Å². The monoisotopic (exact) mass is 345 g/mol. The Morgan fingerprint density at radius 1 is 1.48 bits per heavy atom. The van der Waals surface area contributed by atoms with Crippen LogP contribution in [0.3, 0.4) is 0 Å². The van der Waals surface area contributed by atoms with Gasteiger partial charge in [0.05, 0.1) is 18.7 Å². The molecule has 1 saturated heterocycles. The van der Waals surface area contributed by atoms with Crippen LogP contribution >= 0.6 is 0 Å². The van der Waals surface area contributed by atoms with Crippen molar-refractivity contribution in [2.75, 3.05) is 27.2 Å². The van der Waals surface area contributed by atoms with E-state index in [1.54, 1.807) is 17.4 Å². The second kappa shape index (κ2) is 7.74. The Balaban J connectivity index is 1.61. The molecule has 2 aromatic heterocycles. The molecule has 0 bridgehead atoms. The fourth-order valence-electron chi connectivity index (χ4n) is 3.71. The van der Waals surface area contributed by atoms with Gasteiger partial charge in [0.15, 0.2) is 0 Å². The van der Waals surface area contributed by atoms with Crippen molar-refractivity contribution in [1.29, 1.82) is 0 Å². The molecule has 7 nitrogen and oxygen atoms in total. The lowest BCUT2D eigenvalue weighted by Crippen LogP contribution is -2.45. The lowest BCUT2D eigenvalue weighted by Gasteiger charge is -2.40. The average Bonchev–Trinajstić information content (AvgIpc) is 3.24. The highest BCUT2D eigenvalue weighted by molar-refractivity contribution is 5.73. The summed E-state index contributed by atoms with van der Waals surface area (Å²) in [6.45, 7) is 2.28. The van der Waals surface area contributed by atoms with Gasteiger partial charge in [-0.1, -0.05) is 0 Å². The van der Waals surface area contributed by atoms with Crippen molar-refractivity contribution >= 4 is 6.03 Å². The van der Waals surface area contributed by atoms with Gasteiger partial charge in [-0.3, -0.25) is 9.58 Å². The molecule has 25 heavy (non-hydrogen) atoms. The number of aromatic nitrogens is 2. The number of likely N-dealkylation sites (tertiary alicyclic amines) is 1. The molecular weight excluding hydrogens is 318 g/mol. The highest BCUT2D eigenvalue weighted by Crippen LogP contribution is 2.35. The summed E-state index contributed by atoms with van der Waals surface area (Å²) in [6.07, 6.45) is 9.55. The normalized spacial score (nSPS) is 21.2. The van der Waals surface area contributed by atoms with E-state index in [1.807, 2.05) is 31.0 Å². The number of hydrogen-bond acceptors (Lipinski definition) is 4. The van der Waals surface area contributed by atoms with Crippen LogP contribution in [0.4, 0.5) is 4.79 Å². The smallest absolute Gasteiger partial charge is 0.317 e. The Kier molecular flexibility index (Phi) is 5.43. The van der Waals surface area contributed by atoms with Gasteiger partial charge in [-0.15, -0.1) is 0 Å². The molecule has 0 aromatic carbocycles. The molecule has 2 amide bonds. The van der Waals surface area contributed by atoms with E-state index in [0.717, 1.165) is 31.5 Å². The van der Waals surface area contributed by atoms with Gasteiger partial charge in [-0.05, 0) is 38.4 Å². The van der Waals surface area contributed by atoms with E-state index in [4.69, 9.17) is 4.42 Å². The number of carbonyl (C=O) groups is 1. The fourth-order valence-corrected chi connectivity index (χ4v) is 3.71. The SMILES string of the molecule is CN(C[C@@H]1CCCN(C)[C@H]1c1cnn(C)c1)C(=O)NCc1ccoc1. The Labute approximate surface area is 148 Å². The second-order valence-electron chi connectivity index (χ2n) is 6.95. The summed E-state index contributed by atoms with van der Waals surface area (Å²) in [7, 11) is 5.96. The predicted molar refractivity (Wildman–Crippen MR) is 94.9 cm³/mol. The summed E-state index contributed by atoms with van der Waals surface area (Å²) >= 11 is 0. The average molecular weight is 345 g/mol. The van der Waals surface area contributed by atoms with Crippen LogP contribution in [0, 0.1) is 5.92 Å². The first-order valence-corrected chi connectivity index (χ1v) is 8.73. The number of amides is 2. The first kappa shape index (κ1) is 17.5. The molecule has 3 rings (SSSR count). The maximum Gasteiger partial charge on any atom is 0.317 e. The van der Waals surface area contributed by atoms with E-state index in [9.17, 15) is 4.79 Å². The lowest BCUT2D eigenvalue weighted by atomic mass is 9.86. The highest BCUT2D eigenvalue weighted by atomic mass is 16.3. The molecule has 1 aliphatic rings. The van der Waals surface area contributed by atoms with Crippen LogP contribution in [0.25, 0.3) is 0 Å². The predicted octanol–water partition coefficient (Wildman–Crippen LogP) is 2.24. The number of nitrogens with zero attached hydrogens (tertiary/aromatic N) is 4. The maximum absolute atomic E-state index is 12.4. The minimum Gasteiger partial charge on any atom is -0.472 e. The topological polar surface area (TPSA) is 66.5 Å². The molecule has 0 saturated carbocycles. The van der Waals surface area contributed by atoms with E-state index in [-0.39, 0.29) is 6.03 Å². The second-order valence-corrected chi connectivity index (χ2v) is 6.95. The Morgan fingerprint density at radius 3 is 3.00 bits per heavy atom. The molecule has 0 aliphatic carbocycles. The van der Waals surface area contributed by atoms with Gasteiger partial charge in [0.1, 0.15) is 0 Å². The first-order chi connectivity index (χ1) is 12.0. The largest absolute Gasteiger partial charge is 0.472 e. The molecule has 3 heterocycles. The van der Waals surface area contributed by atoms with Crippen molar-refractivity contribution in [1.82, 2.24) is 24.9 Å². The van der Waals surface area contributed by atoms with Crippen LogP contribution in [0.15, 0.2) is 35.4 Å². The standard InChI is InChI=1S/C18H27N5O2/c1-21-7-4-5-15(17(21)16-10-20-23(3)12-16)11-22(2)18(24)19-9-14-6-8-25-13-14/h6,8,10,12-13,15,17H,4-5,7,9,11H2,1-3H3,(H,19,24)/t15-,17+/m0/s1. The Hall–Kier alpha value is -2.28. The summed E-state index contributed by atoms with van der Waals surface area (Å²) in [5.74, 6) is 0.396. The Morgan fingerprint density at radius 2 is 2.32 bits per heavy atom. The first-order valence-electron chi connectivity index (χ1n) is 8.73. The molecule has 7 heteroatoms. The third-order valence-electron chi connectivity index (χ3n) is 4.95. The number of hydrogen-bond donors (Lipinski definition) is 1. The Bertz CT molecular complexity index is 681. The van der Waals surface area contributed by atoms with E-state index < -0.39 is 0 Å². The number of rotatable bonds is 5. The molecule has 0 radical (unpaired) electrons. The molecule has 2 aromatic rings.